The van der Waals surface area contributed by atoms with Crippen LogP contribution >= 0.6 is 11.6 Å². The Labute approximate surface area is 177 Å². The predicted octanol–water partition coefficient (Wildman–Crippen LogP) is 4.95. The zero-order valence-corrected chi connectivity index (χ0v) is 16.5. The van der Waals surface area contributed by atoms with Crippen molar-refractivity contribution in [3.8, 4) is 11.1 Å². The molecule has 6 heteroatoms. The van der Waals surface area contributed by atoms with Crippen LogP contribution in [0.5, 0.6) is 0 Å². The van der Waals surface area contributed by atoms with Crippen molar-refractivity contribution in [1.82, 2.24) is 9.97 Å². The highest BCUT2D eigenvalue weighted by Crippen LogP contribution is 2.46. The van der Waals surface area contributed by atoms with E-state index in [0.717, 1.165) is 22.3 Å². The summed E-state index contributed by atoms with van der Waals surface area (Å²) in [6.45, 7) is 0. The normalized spacial score (nSPS) is 17.5. The van der Waals surface area contributed by atoms with Gasteiger partial charge in [-0.2, -0.15) is 4.39 Å². The van der Waals surface area contributed by atoms with E-state index < -0.39 is 11.5 Å². The first-order valence-electron chi connectivity index (χ1n) is 9.38. The van der Waals surface area contributed by atoms with Crippen LogP contribution in [0, 0.1) is 5.95 Å². The fourth-order valence-electron chi connectivity index (χ4n) is 4.07. The smallest absolute Gasteiger partial charge is 0.220 e. The molecule has 5 rings (SSSR count). The van der Waals surface area contributed by atoms with Crippen LogP contribution in [0.25, 0.3) is 11.1 Å². The fourth-order valence-corrected chi connectivity index (χ4v) is 4.24. The summed E-state index contributed by atoms with van der Waals surface area (Å²) in [5.74, 6) is -0.0815. The second-order valence-electron chi connectivity index (χ2n) is 7.04. The highest BCUT2D eigenvalue weighted by molar-refractivity contribution is 6.29. The lowest BCUT2D eigenvalue weighted by molar-refractivity contribution is 0.587. The average Bonchev–Trinajstić information content (AvgIpc) is 3.08. The zero-order chi connectivity index (χ0) is 20.7. The Morgan fingerprint density at radius 2 is 1.60 bits per heavy atom. The quantitative estimate of drug-likeness (QED) is 0.482. The topological polar surface area (TPSA) is 64.2 Å². The minimum absolute atomic E-state index is 0.361. The van der Waals surface area contributed by atoms with Crippen LogP contribution in [-0.2, 0) is 5.54 Å². The van der Waals surface area contributed by atoms with Crippen LogP contribution < -0.4 is 5.73 Å². The molecule has 1 aliphatic rings. The SMILES string of the molecule is NC1=NC(c2cccc(-c3cccnc3F)c2)(c2ccnc(Cl)c2)c2ccccc21. The molecule has 1 atom stereocenters. The number of halogens is 2. The summed E-state index contributed by atoms with van der Waals surface area (Å²) in [5.41, 5.74) is 10.0. The van der Waals surface area contributed by atoms with Gasteiger partial charge >= 0.3 is 0 Å². The Morgan fingerprint density at radius 1 is 0.800 bits per heavy atom. The van der Waals surface area contributed by atoms with E-state index in [1.54, 1.807) is 24.4 Å². The molecule has 0 saturated heterocycles. The maximum atomic E-state index is 14.4. The number of nitrogens with two attached hydrogens (primary N) is 1. The van der Waals surface area contributed by atoms with Crippen molar-refractivity contribution in [1.29, 1.82) is 0 Å². The Kier molecular flexibility index (Phi) is 4.33. The van der Waals surface area contributed by atoms with Gasteiger partial charge in [0.1, 0.15) is 16.5 Å². The number of nitrogens with zero attached hydrogens (tertiary/aromatic N) is 3. The Hall–Kier alpha value is -3.57. The van der Waals surface area contributed by atoms with Gasteiger partial charge in [-0.15, -0.1) is 0 Å². The molecule has 0 spiro atoms. The first-order chi connectivity index (χ1) is 14.6. The largest absolute Gasteiger partial charge is 0.383 e. The van der Waals surface area contributed by atoms with E-state index in [4.69, 9.17) is 22.3 Å². The molecule has 2 N–H and O–H groups in total. The number of hydrogen-bond acceptors (Lipinski definition) is 4. The van der Waals surface area contributed by atoms with Crippen molar-refractivity contribution in [3.63, 3.8) is 0 Å². The number of fused-ring (bicyclic) bond motifs is 1. The van der Waals surface area contributed by atoms with Gasteiger partial charge < -0.3 is 5.73 Å². The number of rotatable bonds is 3. The lowest BCUT2D eigenvalue weighted by Crippen LogP contribution is -2.25. The molecule has 0 radical (unpaired) electrons. The molecule has 0 aliphatic carbocycles. The molecule has 1 unspecified atom stereocenters. The third kappa shape index (κ3) is 2.78. The molecule has 0 fully saturated rings. The lowest BCUT2D eigenvalue weighted by atomic mass is 9.77. The second kappa shape index (κ2) is 7.04. The standard InChI is InChI=1S/C24H16ClFN4/c25-21-14-17(10-12-28-21)24(20-9-2-1-7-19(20)23(27)30-24)16-6-3-5-15(13-16)18-8-4-11-29-22(18)26/h1-14H,(H2,27,30). The van der Waals surface area contributed by atoms with Crippen molar-refractivity contribution < 1.29 is 4.39 Å². The third-order valence-corrected chi connectivity index (χ3v) is 5.58. The van der Waals surface area contributed by atoms with Crippen molar-refractivity contribution >= 4 is 17.4 Å². The summed E-state index contributed by atoms with van der Waals surface area (Å²) >= 11 is 6.24. The minimum Gasteiger partial charge on any atom is -0.383 e. The summed E-state index contributed by atoms with van der Waals surface area (Å²) in [6.07, 6.45) is 3.08. The number of pyridine rings is 2. The summed E-state index contributed by atoms with van der Waals surface area (Å²) in [7, 11) is 0. The molecule has 30 heavy (non-hydrogen) atoms. The molecule has 3 heterocycles. The number of aliphatic imine (C=N–C) groups is 1. The minimum atomic E-state index is -0.915. The Bertz CT molecular complexity index is 1300. The number of hydrogen-bond donors (Lipinski definition) is 1. The maximum absolute atomic E-state index is 14.4. The van der Waals surface area contributed by atoms with Crippen molar-refractivity contribution in [3.05, 3.63) is 119 Å². The molecule has 2 aromatic carbocycles. The van der Waals surface area contributed by atoms with Gasteiger partial charge in [0.25, 0.3) is 0 Å². The van der Waals surface area contributed by atoms with Gasteiger partial charge in [-0.3, -0.25) is 0 Å². The molecule has 0 amide bonds. The van der Waals surface area contributed by atoms with Crippen LogP contribution in [0.1, 0.15) is 22.3 Å². The van der Waals surface area contributed by atoms with Crippen LogP contribution in [0.2, 0.25) is 5.15 Å². The fraction of sp³-hybridized carbons (Fsp3) is 0.0417. The van der Waals surface area contributed by atoms with E-state index in [1.165, 1.54) is 6.20 Å². The monoisotopic (exact) mass is 414 g/mol. The zero-order valence-electron chi connectivity index (χ0n) is 15.8. The first-order valence-corrected chi connectivity index (χ1v) is 9.76. The summed E-state index contributed by atoms with van der Waals surface area (Å²) in [5, 5.41) is 0.361. The van der Waals surface area contributed by atoms with E-state index in [9.17, 15) is 4.39 Å². The lowest BCUT2D eigenvalue weighted by Gasteiger charge is -2.29. The number of aromatic nitrogens is 2. The van der Waals surface area contributed by atoms with Gasteiger partial charge in [0, 0.05) is 23.5 Å². The van der Waals surface area contributed by atoms with E-state index in [-0.39, 0.29) is 0 Å². The van der Waals surface area contributed by atoms with E-state index in [2.05, 4.69) is 9.97 Å². The van der Waals surface area contributed by atoms with E-state index >= 15 is 0 Å². The van der Waals surface area contributed by atoms with Crippen LogP contribution in [0.15, 0.2) is 90.2 Å². The second-order valence-corrected chi connectivity index (χ2v) is 7.43. The van der Waals surface area contributed by atoms with Gasteiger partial charge in [0.2, 0.25) is 5.95 Å². The van der Waals surface area contributed by atoms with E-state index in [0.29, 0.717) is 22.1 Å². The third-order valence-electron chi connectivity index (χ3n) is 5.38. The van der Waals surface area contributed by atoms with Crippen LogP contribution in [0.3, 0.4) is 0 Å². The highest BCUT2D eigenvalue weighted by atomic mass is 35.5. The molecule has 146 valence electrons. The highest BCUT2D eigenvalue weighted by Gasteiger charge is 2.43. The van der Waals surface area contributed by atoms with Crippen LogP contribution in [-0.4, -0.2) is 15.8 Å². The molecule has 1 aliphatic heterocycles. The maximum Gasteiger partial charge on any atom is 0.220 e. The Morgan fingerprint density at radius 3 is 2.43 bits per heavy atom. The van der Waals surface area contributed by atoms with Crippen molar-refractivity contribution in [2.75, 3.05) is 0 Å². The predicted molar refractivity (Wildman–Crippen MR) is 116 cm³/mol. The van der Waals surface area contributed by atoms with Gasteiger partial charge in [-0.25, -0.2) is 15.0 Å². The number of amidine groups is 1. The molecular formula is C24H16ClFN4. The summed E-state index contributed by atoms with van der Waals surface area (Å²) in [6, 6.07) is 22.5. The molecular weight excluding hydrogens is 399 g/mol. The summed E-state index contributed by atoms with van der Waals surface area (Å²) < 4.78 is 14.4. The van der Waals surface area contributed by atoms with Gasteiger partial charge in [0.05, 0.1) is 0 Å². The van der Waals surface area contributed by atoms with Gasteiger partial charge in [-0.1, -0.05) is 54.1 Å². The average molecular weight is 415 g/mol. The van der Waals surface area contributed by atoms with Gasteiger partial charge in [0.15, 0.2) is 0 Å². The summed E-state index contributed by atoms with van der Waals surface area (Å²) in [4.78, 5) is 12.8. The molecule has 0 saturated carbocycles. The molecule has 2 aromatic heterocycles. The van der Waals surface area contributed by atoms with Crippen molar-refractivity contribution in [2.24, 2.45) is 10.7 Å². The molecule has 0 bridgehead atoms. The molecule has 4 nitrogen and oxygen atoms in total. The van der Waals surface area contributed by atoms with Gasteiger partial charge in [-0.05, 0) is 52.6 Å². The van der Waals surface area contributed by atoms with Crippen LogP contribution in [0.4, 0.5) is 4.39 Å². The number of benzene rings is 2. The van der Waals surface area contributed by atoms with E-state index in [1.807, 2.05) is 54.6 Å². The van der Waals surface area contributed by atoms with Crippen molar-refractivity contribution in [2.45, 2.75) is 5.54 Å². The molecule has 4 aromatic rings. The first kappa shape index (κ1) is 18.5. The Balaban J connectivity index is 1.81.